The highest BCUT2D eigenvalue weighted by atomic mass is 16.5. The summed E-state index contributed by atoms with van der Waals surface area (Å²) in [6.07, 6.45) is 5.30. The summed E-state index contributed by atoms with van der Waals surface area (Å²) < 4.78 is 22.7. The molecule has 2 aromatic carbocycles. The Bertz CT molecular complexity index is 1370. The van der Waals surface area contributed by atoms with Crippen LogP contribution in [0.5, 0.6) is 28.7 Å². The molecule has 8 nitrogen and oxygen atoms in total. The van der Waals surface area contributed by atoms with E-state index in [4.69, 9.17) is 18.6 Å². The van der Waals surface area contributed by atoms with E-state index in [0.717, 1.165) is 23.3 Å². The Morgan fingerprint density at radius 3 is 2.46 bits per heavy atom. The summed E-state index contributed by atoms with van der Waals surface area (Å²) in [7, 11) is 2.63. The van der Waals surface area contributed by atoms with Crippen molar-refractivity contribution in [2.45, 2.75) is 39.2 Å². The molecule has 35 heavy (non-hydrogen) atoms. The molecule has 4 rings (SSSR count). The van der Waals surface area contributed by atoms with Crippen LogP contribution in [-0.2, 0) is 6.42 Å². The van der Waals surface area contributed by atoms with Crippen molar-refractivity contribution in [1.82, 2.24) is 0 Å². The van der Waals surface area contributed by atoms with Gasteiger partial charge in [0.2, 0.25) is 16.9 Å². The molecule has 1 unspecified atom stereocenters. The van der Waals surface area contributed by atoms with Gasteiger partial charge < -0.3 is 33.9 Å². The molecule has 0 radical (unpaired) electrons. The molecule has 8 heteroatoms. The molecular formula is C27H30O8. The maximum atomic E-state index is 13.3. The highest BCUT2D eigenvalue weighted by Gasteiger charge is 2.28. The summed E-state index contributed by atoms with van der Waals surface area (Å²) in [5.74, 6) is -0.187. The molecule has 0 fully saturated rings. The Kier molecular flexibility index (Phi) is 6.42. The first-order valence-electron chi connectivity index (χ1n) is 11.4. The minimum atomic E-state index is -0.597. The molecule has 3 N–H and O–H groups in total. The molecule has 0 aliphatic carbocycles. The van der Waals surface area contributed by atoms with Crippen molar-refractivity contribution in [3.05, 3.63) is 45.6 Å². The van der Waals surface area contributed by atoms with Gasteiger partial charge in [-0.2, -0.15) is 0 Å². The molecule has 0 spiro atoms. The third-order valence-electron chi connectivity index (χ3n) is 6.16. The van der Waals surface area contributed by atoms with Crippen LogP contribution in [0.3, 0.4) is 0 Å². The zero-order valence-electron chi connectivity index (χ0n) is 20.5. The molecular weight excluding hydrogens is 452 g/mol. The van der Waals surface area contributed by atoms with Gasteiger partial charge >= 0.3 is 0 Å². The van der Waals surface area contributed by atoms with Crippen LogP contribution in [0, 0.1) is 5.92 Å². The molecule has 0 saturated heterocycles. The number of phenols is 2. The van der Waals surface area contributed by atoms with Crippen LogP contribution in [-0.4, -0.2) is 41.7 Å². The number of hydrogen-bond donors (Lipinski definition) is 3. The fraction of sp³-hybridized carbons (Fsp3) is 0.370. The topological polar surface area (TPSA) is 119 Å². The normalized spacial score (nSPS) is 14.9. The van der Waals surface area contributed by atoms with Crippen LogP contribution in [0.2, 0.25) is 0 Å². The molecule has 1 aromatic heterocycles. The minimum Gasteiger partial charge on any atom is -0.504 e. The number of benzene rings is 2. The summed E-state index contributed by atoms with van der Waals surface area (Å²) in [6.45, 7) is 6.00. The molecule has 2 heterocycles. The average molecular weight is 483 g/mol. The van der Waals surface area contributed by atoms with Crippen molar-refractivity contribution < 1.29 is 33.9 Å². The van der Waals surface area contributed by atoms with E-state index in [1.807, 2.05) is 45.1 Å². The van der Waals surface area contributed by atoms with E-state index in [-0.39, 0.29) is 46.5 Å². The number of methoxy groups -OCH3 is 2. The van der Waals surface area contributed by atoms with Gasteiger partial charge in [0, 0.05) is 23.8 Å². The first kappa shape index (κ1) is 24.5. The van der Waals surface area contributed by atoms with E-state index in [2.05, 4.69) is 0 Å². The standard InChI is InChI=1S/C27H30O8/c1-14(13-28)6-7-15-10-17(11-16-8-9-27(2,3)35-23(15)16)24-26(33-5)22(31)20-19(34-24)12-18(29)25(32-4)21(20)30/h8-12,14,28-30H,6-7,13H2,1-5H3. The van der Waals surface area contributed by atoms with Crippen LogP contribution in [0.4, 0.5) is 0 Å². The fourth-order valence-corrected chi connectivity index (χ4v) is 4.22. The second-order valence-corrected chi connectivity index (χ2v) is 9.36. The SMILES string of the molecule is COc1c(O)cc2oc(-c3cc4c(c(CCC(C)CO)c3)OC(C)(C)C=C4)c(OC)c(=O)c2c1O. The van der Waals surface area contributed by atoms with Gasteiger partial charge in [-0.05, 0) is 56.4 Å². The number of aliphatic hydroxyl groups is 1. The van der Waals surface area contributed by atoms with Gasteiger partial charge in [0.15, 0.2) is 17.3 Å². The van der Waals surface area contributed by atoms with Crippen LogP contribution >= 0.6 is 0 Å². The van der Waals surface area contributed by atoms with Gasteiger partial charge in [0.05, 0.1) is 14.2 Å². The van der Waals surface area contributed by atoms with Crippen molar-refractivity contribution in [3.63, 3.8) is 0 Å². The maximum absolute atomic E-state index is 13.3. The van der Waals surface area contributed by atoms with Crippen molar-refractivity contribution in [1.29, 1.82) is 0 Å². The van der Waals surface area contributed by atoms with Crippen LogP contribution < -0.4 is 19.6 Å². The molecule has 1 aliphatic heterocycles. The lowest BCUT2D eigenvalue weighted by atomic mass is 9.93. The average Bonchev–Trinajstić information content (AvgIpc) is 2.81. The molecule has 3 aromatic rings. The number of phenolic OH excluding ortho intramolecular Hbond substituents is 2. The summed E-state index contributed by atoms with van der Waals surface area (Å²) in [5, 5.41) is 30.1. The number of ether oxygens (including phenoxy) is 3. The predicted molar refractivity (Wildman–Crippen MR) is 133 cm³/mol. The van der Waals surface area contributed by atoms with Gasteiger partial charge in [-0.1, -0.05) is 13.0 Å². The zero-order chi connectivity index (χ0) is 25.5. The number of fused-ring (bicyclic) bond motifs is 2. The molecule has 1 aliphatic rings. The van der Waals surface area contributed by atoms with Gasteiger partial charge in [-0.15, -0.1) is 0 Å². The number of aliphatic hydroxyl groups excluding tert-OH is 1. The first-order valence-corrected chi connectivity index (χ1v) is 11.4. The van der Waals surface area contributed by atoms with E-state index in [1.54, 1.807) is 0 Å². The molecule has 0 amide bonds. The number of aryl methyl sites for hydroxylation is 1. The fourth-order valence-electron chi connectivity index (χ4n) is 4.22. The molecule has 186 valence electrons. The minimum absolute atomic E-state index is 0.0114. The highest BCUT2D eigenvalue weighted by Crippen LogP contribution is 2.45. The van der Waals surface area contributed by atoms with Crippen LogP contribution in [0.25, 0.3) is 28.4 Å². The van der Waals surface area contributed by atoms with Gasteiger partial charge in [-0.3, -0.25) is 4.79 Å². The van der Waals surface area contributed by atoms with Gasteiger partial charge in [0.25, 0.3) is 0 Å². The van der Waals surface area contributed by atoms with Crippen molar-refractivity contribution in [3.8, 4) is 40.1 Å². The van der Waals surface area contributed by atoms with Gasteiger partial charge in [-0.25, -0.2) is 0 Å². The van der Waals surface area contributed by atoms with E-state index in [9.17, 15) is 20.1 Å². The van der Waals surface area contributed by atoms with E-state index < -0.39 is 16.8 Å². The van der Waals surface area contributed by atoms with E-state index in [0.29, 0.717) is 12.0 Å². The molecule has 0 bridgehead atoms. The Balaban J connectivity index is 1.96. The van der Waals surface area contributed by atoms with E-state index >= 15 is 0 Å². The third-order valence-corrected chi connectivity index (χ3v) is 6.16. The lowest BCUT2D eigenvalue weighted by Crippen LogP contribution is -2.28. The van der Waals surface area contributed by atoms with E-state index in [1.165, 1.54) is 20.3 Å². The van der Waals surface area contributed by atoms with Crippen molar-refractivity contribution >= 4 is 17.0 Å². The zero-order valence-corrected chi connectivity index (χ0v) is 20.5. The van der Waals surface area contributed by atoms with Crippen molar-refractivity contribution in [2.75, 3.05) is 20.8 Å². The second kappa shape index (κ2) is 9.19. The number of aromatic hydroxyl groups is 2. The number of rotatable bonds is 7. The first-order chi connectivity index (χ1) is 16.6. The predicted octanol–water partition coefficient (Wildman–Crippen LogP) is 4.63. The molecule has 0 saturated carbocycles. The lowest BCUT2D eigenvalue weighted by molar-refractivity contribution is 0.156. The van der Waals surface area contributed by atoms with Gasteiger partial charge in [0.1, 0.15) is 22.3 Å². The Hall–Kier alpha value is -3.65. The smallest absolute Gasteiger partial charge is 0.239 e. The Labute approximate surface area is 203 Å². The molecule has 1 atom stereocenters. The maximum Gasteiger partial charge on any atom is 0.239 e. The van der Waals surface area contributed by atoms with Crippen LogP contribution in [0.15, 0.2) is 33.5 Å². The largest absolute Gasteiger partial charge is 0.504 e. The monoisotopic (exact) mass is 482 g/mol. The Morgan fingerprint density at radius 1 is 1.09 bits per heavy atom. The Morgan fingerprint density at radius 2 is 1.80 bits per heavy atom. The summed E-state index contributed by atoms with van der Waals surface area (Å²) in [4.78, 5) is 13.3. The quantitative estimate of drug-likeness (QED) is 0.446. The van der Waals surface area contributed by atoms with Crippen LogP contribution in [0.1, 0.15) is 38.3 Å². The van der Waals surface area contributed by atoms with Crippen molar-refractivity contribution in [2.24, 2.45) is 5.92 Å². The summed E-state index contributed by atoms with van der Waals surface area (Å²) in [5.41, 5.74) is 1.21. The lowest BCUT2D eigenvalue weighted by Gasteiger charge is -2.30. The third kappa shape index (κ3) is 4.41. The number of hydrogen-bond acceptors (Lipinski definition) is 8. The second-order valence-electron chi connectivity index (χ2n) is 9.36. The highest BCUT2D eigenvalue weighted by molar-refractivity contribution is 5.91. The summed E-state index contributed by atoms with van der Waals surface area (Å²) >= 11 is 0. The summed E-state index contributed by atoms with van der Waals surface area (Å²) in [6, 6.07) is 4.95.